The molecule has 0 amide bonds. The number of rotatable bonds is 9. The van der Waals surface area contributed by atoms with Crippen molar-refractivity contribution in [1.82, 2.24) is 25.0 Å². The second kappa shape index (κ2) is 10.6. The molecule has 1 heterocycles. The van der Waals surface area contributed by atoms with Crippen molar-refractivity contribution in [2.24, 2.45) is 4.99 Å². The fraction of sp³-hybridized carbons (Fsp3) is 0.550. The van der Waals surface area contributed by atoms with Crippen LogP contribution in [0.25, 0.3) is 0 Å². The maximum Gasteiger partial charge on any atom is 0.194 e. The summed E-state index contributed by atoms with van der Waals surface area (Å²) >= 11 is 0. The molecule has 0 aliphatic rings. The van der Waals surface area contributed by atoms with E-state index in [0.29, 0.717) is 19.6 Å². The molecule has 1 aromatic carbocycles. The molecule has 0 radical (unpaired) electrons. The summed E-state index contributed by atoms with van der Waals surface area (Å²) in [6.07, 6.45) is 3.56. The van der Waals surface area contributed by atoms with E-state index in [4.69, 9.17) is 9.73 Å². The molecule has 154 valence electrons. The number of hydrogen-bond donors (Lipinski definition) is 1. The third-order valence-corrected chi connectivity index (χ3v) is 4.60. The number of ether oxygens (including phenoxy) is 1. The molecule has 0 aliphatic heterocycles. The normalized spacial score (nSPS) is 12.7. The van der Waals surface area contributed by atoms with Crippen LogP contribution in [-0.2, 0) is 19.5 Å². The maximum atomic E-state index is 14.0. The van der Waals surface area contributed by atoms with Crippen LogP contribution in [-0.4, -0.2) is 52.4 Å². The molecule has 1 unspecified atom stereocenters. The minimum absolute atomic E-state index is 0.249. The lowest BCUT2D eigenvalue weighted by Crippen LogP contribution is -2.43. The summed E-state index contributed by atoms with van der Waals surface area (Å²) < 4.78 is 21.0. The Kier molecular flexibility index (Phi) is 8.22. The molecule has 28 heavy (non-hydrogen) atoms. The molecule has 0 saturated carbocycles. The minimum Gasteiger partial charge on any atom is -0.494 e. The predicted octanol–water partition coefficient (Wildman–Crippen LogP) is 2.86. The zero-order chi connectivity index (χ0) is 20.5. The summed E-state index contributed by atoms with van der Waals surface area (Å²) in [7, 11) is 3.41. The second-order valence-corrected chi connectivity index (χ2v) is 6.78. The van der Waals surface area contributed by atoms with Gasteiger partial charge in [-0.05, 0) is 31.0 Å². The van der Waals surface area contributed by atoms with Gasteiger partial charge in [-0.2, -0.15) is 0 Å². The number of methoxy groups -OCH3 is 1. The highest BCUT2D eigenvalue weighted by atomic mass is 19.1. The van der Waals surface area contributed by atoms with Gasteiger partial charge in [0.25, 0.3) is 0 Å². The highest BCUT2D eigenvalue weighted by Crippen LogP contribution is 2.18. The van der Waals surface area contributed by atoms with Crippen molar-refractivity contribution in [2.45, 2.75) is 52.7 Å². The smallest absolute Gasteiger partial charge is 0.194 e. The molecule has 8 heteroatoms. The largest absolute Gasteiger partial charge is 0.494 e. The average molecular weight is 391 g/mol. The van der Waals surface area contributed by atoms with Crippen LogP contribution in [0.4, 0.5) is 4.39 Å². The van der Waals surface area contributed by atoms with Crippen LogP contribution in [0, 0.1) is 5.82 Å². The summed E-state index contributed by atoms with van der Waals surface area (Å²) in [6.45, 7) is 8.15. The zero-order valence-corrected chi connectivity index (χ0v) is 17.4. The van der Waals surface area contributed by atoms with Crippen molar-refractivity contribution in [3.05, 3.63) is 41.7 Å². The van der Waals surface area contributed by atoms with Gasteiger partial charge in [-0.3, -0.25) is 4.99 Å². The van der Waals surface area contributed by atoms with E-state index < -0.39 is 0 Å². The van der Waals surface area contributed by atoms with Gasteiger partial charge in [-0.25, -0.2) is 4.39 Å². The van der Waals surface area contributed by atoms with E-state index in [-0.39, 0.29) is 17.6 Å². The van der Waals surface area contributed by atoms with Crippen LogP contribution in [0.15, 0.2) is 29.5 Å². The van der Waals surface area contributed by atoms with Crippen molar-refractivity contribution in [3.8, 4) is 5.75 Å². The van der Waals surface area contributed by atoms with E-state index in [1.54, 1.807) is 12.4 Å². The third kappa shape index (κ3) is 5.94. The van der Waals surface area contributed by atoms with Crippen LogP contribution < -0.4 is 10.1 Å². The topological polar surface area (TPSA) is 67.6 Å². The number of guanidine groups is 1. The molecule has 2 rings (SSSR count). The Balaban J connectivity index is 2.08. The third-order valence-electron chi connectivity index (χ3n) is 4.60. The van der Waals surface area contributed by atoms with Crippen LogP contribution in [0.1, 0.15) is 38.6 Å². The molecule has 1 atom stereocenters. The van der Waals surface area contributed by atoms with Gasteiger partial charge in [0.1, 0.15) is 12.2 Å². The molecule has 1 N–H and O–H groups in total. The van der Waals surface area contributed by atoms with E-state index in [9.17, 15) is 4.39 Å². The quantitative estimate of drug-likeness (QED) is 0.527. The van der Waals surface area contributed by atoms with Crippen molar-refractivity contribution in [1.29, 1.82) is 0 Å². The van der Waals surface area contributed by atoms with Gasteiger partial charge < -0.3 is 19.5 Å². The molecule has 0 spiro atoms. The first-order valence-corrected chi connectivity index (χ1v) is 9.69. The van der Waals surface area contributed by atoms with Gasteiger partial charge in [-0.15, -0.1) is 10.2 Å². The van der Waals surface area contributed by atoms with Crippen molar-refractivity contribution in [3.63, 3.8) is 0 Å². The fourth-order valence-electron chi connectivity index (χ4n) is 2.76. The standard InChI is InChI=1S/C20H31FN6O/c1-6-15(3)24-20(22-10-11-27-14-23-25-19(27)7-2)26(4)13-16-8-9-18(28-5)17(21)12-16/h8-9,12,14-15H,6-7,10-11,13H2,1-5H3,(H,22,24). The molecule has 1 aromatic heterocycles. The van der Waals surface area contributed by atoms with Gasteiger partial charge in [0, 0.05) is 32.6 Å². The SMILES string of the molecule is CCc1nncn1CCN=C(NC(C)CC)N(C)Cc1ccc(OC)c(F)c1. The first-order chi connectivity index (χ1) is 13.5. The summed E-state index contributed by atoms with van der Waals surface area (Å²) in [5.41, 5.74) is 0.853. The van der Waals surface area contributed by atoms with E-state index in [0.717, 1.165) is 30.2 Å². The fourth-order valence-corrected chi connectivity index (χ4v) is 2.76. The van der Waals surface area contributed by atoms with E-state index in [1.807, 2.05) is 22.6 Å². The monoisotopic (exact) mass is 390 g/mol. The maximum absolute atomic E-state index is 14.0. The van der Waals surface area contributed by atoms with Crippen LogP contribution in [0.5, 0.6) is 5.75 Å². The molecular formula is C20H31FN6O. The van der Waals surface area contributed by atoms with Gasteiger partial charge in [0.2, 0.25) is 0 Å². The predicted molar refractivity (Wildman–Crippen MR) is 109 cm³/mol. The first-order valence-electron chi connectivity index (χ1n) is 9.69. The molecule has 0 saturated heterocycles. The lowest BCUT2D eigenvalue weighted by molar-refractivity contribution is 0.385. The van der Waals surface area contributed by atoms with Crippen LogP contribution >= 0.6 is 0 Å². The Hall–Kier alpha value is -2.64. The van der Waals surface area contributed by atoms with E-state index in [2.05, 4.69) is 36.3 Å². The molecule has 2 aromatic rings. The number of aliphatic imine (C=N–C) groups is 1. The van der Waals surface area contributed by atoms with Crippen LogP contribution in [0.3, 0.4) is 0 Å². The number of nitrogens with zero attached hydrogens (tertiary/aromatic N) is 5. The molecule has 0 fully saturated rings. The number of hydrogen-bond acceptors (Lipinski definition) is 4. The lowest BCUT2D eigenvalue weighted by atomic mass is 10.2. The van der Waals surface area contributed by atoms with Gasteiger partial charge in [0.05, 0.1) is 13.7 Å². The van der Waals surface area contributed by atoms with Crippen molar-refractivity contribution < 1.29 is 9.13 Å². The van der Waals surface area contributed by atoms with Gasteiger partial charge in [-0.1, -0.05) is 19.9 Å². The van der Waals surface area contributed by atoms with E-state index in [1.165, 1.54) is 13.2 Å². The summed E-state index contributed by atoms with van der Waals surface area (Å²) in [6, 6.07) is 5.30. The molecule has 0 aliphatic carbocycles. The molecular weight excluding hydrogens is 359 g/mol. The van der Waals surface area contributed by atoms with Crippen molar-refractivity contribution in [2.75, 3.05) is 20.7 Å². The number of aromatic nitrogens is 3. The summed E-state index contributed by atoms with van der Waals surface area (Å²) in [5.74, 6) is 1.63. The van der Waals surface area contributed by atoms with Gasteiger partial charge in [0.15, 0.2) is 17.5 Å². The highest BCUT2D eigenvalue weighted by Gasteiger charge is 2.12. The molecule has 0 bridgehead atoms. The Bertz CT molecular complexity index is 776. The summed E-state index contributed by atoms with van der Waals surface area (Å²) in [5, 5.41) is 11.5. The second-order valence-electron chi connectivity index (χ2n) is 6.78. The number of halogens is 1. The lowest BCUT2D eigenvalue weighted by Gasteiger charge is -2.25. The minimum atomic E-state index is -0.360. The Morgan fingerprint density at radius 3 is 2.82 bits per heavy atom. The number of nitrogens with one attached hydrogen (secondary N) is 1. The average Bonchev–Trinajstić information content (AvgIpc) is 3.14. The van der Waals surface area contributed by atoms with Crippen LogP contribution in [0.2, 0.25) is 0 Å². The highest BCUT2D eigenvalue weighted by molar-refractivity contribution is 5.80. The Morgan fingerprint density at radius 1 is 1.39 bits per heavy atom. The number of aryl methyl sites for hydroxylation is 1. The Labute approximate surface area is 166 Å². The number of benzene rings is 1. The van der Waals surface area contributed by atoms with Gasteiger partial charge >= 0.3 is 0 Å². The Morgan fingerprint density at radius 2 is 2.18 bits per heavy atom. The van der Waals surface area contributed by atoms with Crippen molar-refractivity contribution >= 4 is 5.96 Å². The molecule has 7 nitrogen and oxygen atoms in total. The van der Waals surface area contributed by atoms with E-state index >= 15 is 0 Å². The summed E-state index contributed by atoms with van der Waals surface area (Å²) in [4.78, 5) is 6.75. The zero-order valence-electron chi connectivity index (χ0n) is 17.4. The first kappa shape index (κ1) is 21.7.